The molecule has 0 aromatic heterocycles. The molecule has 6 nitrogen and oxygen atoms in total. The van der Waals surface area contributed by atoms with Crippen molar-refractivity contribution in [3.63, 3.8) is 0 Å². The van der Waals surface area contributed by atoms with Gasteiger partial charge in [-0.25, -0.2) is 8.78 Å². The van der Waals surface area contributed by atoms with E-state index >= 15 is 0 Å². The first kappa shape index (κ1) is 15.7. The van der Waals surface area contributed by atoms with Gasteiger partial charge in [0.05, 0.1) is 23.8 Å². The topological polar surface area (TPSA) is 81.5 Å². The molecule has 0 fully saturated rings. The molecular weight excluding hydrogens is 288 g/mol. The number of rotatable bonds is 5. The minimum Gasteiger partial charge on any atom is -0.494 e. The number of nitro benzene ring substituents is 1. The van der Waals surface area contributed by atoms with Crippen molar-refractivity contribution >= 4 is 17.3 Å². The third-order valence-electron chi connectivity index (χ3n) is 2.22. The van der Waals surface area contributed by atoms with Crippen molar-refractivity contribution in [2.45, 2.75) is 12.3 Å². The molecule has 110 valence electrons. The zero-order chi connectivity index (χ0) is 15.5. The fraction of sp³-hybridized carbons (Fsp3) is 0.300. The molecule has 20 heavy (non-hydrogen) atoms. The molecule has 1 aromatic carbocycles. The van der Waals surface area contributed by atoms with E-state index in [4.69, 9.17) is 0 Å². The molecule has 0 aliphatic carbocycles. The second-order valence-electron chi connectivity index (χ2n) is 3.52. The molecule has 0 aliphatic rings. The van der Waals surface area contributed by atoms with Gasteiger partial charge in [-0.3, -0.25) is 14.9 Å². The molecule has 0 aliphatic heterocycles. The quantitative estimate of drug-likeness (QED) is 0.514. The molecule has 0 radical (unpaired) electrons. The average molecular weight is 296 g/mol. The van der Waals surface area contributed by atoms with Crippen LogP contribution in [0.25, 0.3) is 0 Å². The summed E-state index contributed by atoms with van der Waals surface area (Å²) < 4.78 is 54.1. The number of alkyl halides is 4. The predicted molar refractivity (Wildman–Crippen MR) is 59.2 cm³/mol. The number of carbonyl (C=O) groups excluding carboxylic acids is 1. The van der Waals surface area contributed by atoms with Gasteiger partial charge in [0.2, 0.25) is 0 Å². The van der Waals surface area contributed by atoms with Gasteiger partial charge in [0.15, 0.2) is 0 Å². The van der Waals surface area contributed by atoms with Crippen LogP contribution in [0.3, 0.4) is 0 Å². The number of nitrogens with zero attached hydrogens (tertiary/aromatic N) is 1. The van der Waals surface area contributed by atoms with E-state index in [9.17, 15) is 32.5 Å². The first-order valence-electron chi connectivity index (χ1n) is 5.00. The summed E-state index contributed by atoms with van der Waals surface area (Å²) in [5.74, 6) is -7.43. The number of carbonyl (C=O) groups is 1. The number of benzene rings is 1. The molecule has 0 saturated heterocycles. The fourth-order valence-electron chi connectivity index (χ4n) is 1.20. The number of hydrogen-bond acceptors (Lipinski definition) is 4. The number of non-ortho nitro benzene ring substituents is 1. The Bertz CT molecular complexity index is 536. The van der Waals surface area contributed by atoms with Gasteiger partial charge in [0.25, 0.3) is 5.69 Å². The summed E-state index contributed by atoms with van der Waals surface area (Å²) in [6.07, 6.45) is -4.17. The van der Waals surface area contributed by atoms with E-state index in [-0.39, 0.29) is 11.4 Å². The van der Waals surface area contributed by atoms with Crippen LogP contribution in [0.1, 0.15) is 0 Å². The number of anilines is 1. The van der Waals surface area contributed by atoms with Gasteiger partial charge >= 0.3 is 18.3 Å². The lowest BCUT2D eigenvalue weighted by Gasteiger charge is -2.16. The van der Waals surface area contributed by atoms with E-state index < -0.39 is 28.9 Å². The SMILES string of the molecule is COc1cc([N+](=O)[O-])ccc1NC(=O)C(F)(F)C(F)F. The molecule has 0 bridgehead atoms. The van der Waals surface area contributed by atoms with Crippen molar-refractivity contribution in [2.24, 2.45) is 0 Å². The maximum Gasteiger partial charge on any atom is 0.383 e. The summed E-state index contributed by atoms with van der Waals surface area (Å²) >= 11 is 0. The number of amides is 1. The number of hydrogen-bond donors (Lipinski definition) is 1. The predicted octanol–water partition coefficient (Wildman–Crippen LogP) is 2.44. The molecule has 0 saturated carbocycles. The summed E-state index contributed by atoms with van der Waals surface area (Å²) in [6, 6.07) is 2.66. The van der Waals surface area contributed by atoms with Gasteiger partial charge in [-0.15, -0.1) is 0 Å². The Morgan fingerprint density at radius 1 is 1.45 bits per heavy atom. The van der Waals surface area contributed by atoms with Crippen LogP contribution in [0.5, 0.6) is 5.75 Å². The molecule has 1 N–H and O–H groups in total. The van der Waals surface area contributed by atoms with Crippen LogP contribution in [0.15, 0.2) is 18.2 Å². The number of methoxy groups -OCH3 is 1. The number of nitro groups is 1. The van der Waals surface area contributed by atoms with Crippen LogP contribution in [0.4, 0.5) is 28.9 Å². The average Bonchev–Trinajstić information content (AvgIpc) is 2.38. The van der Waals surface area contributed by atoms with Gasteiger partial charge in [0.1, 0.15) is 5.75 Å². The second kappa shape index (κ2) is 5.72. The third-order valence-corrected chi connectivity index (χ3v) is 2.22. The highest BCUT2D eigenvalue weighted by Crippen LogP contribution is 2.31. The Morgan fingerprint density at radius 2 is 2.05 bits per heavy atom. The molecule has 0 unspecified atom stereocenters. The number of nitrogens with one attached hydrogen (secondary N) is 1. The van der Waals surface area contributed by atoms with E-state index in [2.05, 4.69) is 4.74 Å². The molecule has 10 heteroatoms. The first-order valence-corrected chi connectivity index (χ1v) is 5.00. The lowest BCUT2D eigenvalue weighted by Crippen LogP contribution is -2.41. The monoisotopic (exact) mass is 296 g/mol. The Labute approximate surface area is 109 Å². The van der Waals surface area contributed by atoms with Crippen LogP contribution in [0.2, 0.25) is 0 Å². The Kier molecular flexibility index (Phi) is 4.48. The van der Waals surface area contributed by atoms with E-state index in [1.54, 1.807) is 0 Å². The standard InChI is InChI=1S/C10H8F4N2O4/c1-20-7-4-5(16(18)19)2-3-6(7)15-9(17)10(13,14)8(11)12/h2-4,8H,1H3,(H,15,17). The summed E-state index contributed by atoms with van der Waals surface area (Å²) in [5.41, 5.74) is -0.802. The van der Waals surface area contributed by atoms with Gasteiger partial charge in [-0.05, 0) is 6.07 Å². The van der Waals surface area contributed by atoms with E-state index in [0.29, 0.717) is 0 Å². The highest BCUT2D eigenvalue weighted by molar-refractivity contribution is 5.97. The second-order valence-corrected chi connectivity index (χ2v) is 3.52. The Hall–Kier alpha value is -2.39. The summed E-state index contributed by atoms with van der Waals surface area (Å²) in [4.78, 5) is 20.8. The van der Waals surface area contributed by atoms with Crippen molar-refractivity contribution in [2.75, 3.05) is 12.4 Å². The van der Waals surface area contributed by atoms with Crippen LogP contribution in [-0.4, -0.2) is 30.3 Å². The highest BCUT2D eigenvalue weighted by atomic mass is 19.3. The first-order chi connectivity index (χ1) is 9.20. The fourth-order valence-corrected chi connectivity index (χ4v) is 1.20. The summed E-state index contributed by atoms with van der Waals surface area (Å²) in [5, 5.41) is 12.0. The highest BCUT2D eigenvalue weighted by Gasteiger charge is 2.49. The molecule has 0 spiro atoms. The lowest BCUT2D eigenvalue weighted by molar-refractivity contribution is -0.384. The van der Waals surface area contributed by atoms with Crippen molar-refractivity contribution in [1.29, 1.82) is 0 Å². The van der Waals surface area contributed by atoms with Crippen LogP contribution in [-0.2, 0) is 4.79 Å². The van der Waals surface area contributed by atoms with Gasteiger partial charge in [0, 0.05) is 6.07 Å². The number of halogens is 4. The van der Waals surface area contributed by atoms with Crippen molar-refractivity contribution in [3.8, 4) is 5.75 Å². The summed E-state index contributed by atoms with van der Waals surface area (Å²) in [6.45, 7) is 0. The molecule has 1 aromatic rings. The normalized spacial score (nSPS) is 11.3. The van der Waals surface area contributed by atoms with Gasteiger partial charge in [-0.1, -0.05) is 0 Å². The van der Waals surface area contributed by atoms with Crippen molar-refractivity contribution in [3.05, 3.63) is 28.3 Å². The van der Waals surface area contributed by atoms with Gasteiger partial charge < -0.3 is 10.1 Å². The summed E-state index contributed by atoms with van der Waals surface area (Å²) in [7, 11) is 1.07. The molecule has 0 heterocycles. The van der Waals surface area contributed by atoms with E-state index in [1.165, 1.54) is 5.32 Å². The minimum atomic E-state index is -4.88. The molecule has 1 amide bonds. The zero-order valence-corrected chi connectivity index (χ0v) is 9.90. The van der Waals surface area contributed by atoms with Crippen LogP contribution in [0, 0.1) is 10.1 Å². The maximum atomic E-state index is 12.8. The van der Waals surface area contributed by atoms with E-state index in [1.807, 2.05) is 0 Å². The Balaban J connectivity index is 3.04. The van der Waals surface area contributed by atoms with E-state index in [0.717, 1.165) is 25.3 Å². The van der Waals surface area contributed by atoms with Crippen LogP contribution >= 0.6 is 0 Å². The third kappa shape index (κ3) is 3.13. The molecule has 1 rings (SSSR count). The zero-order valence-electron chi connectivity index (χ0n) is 9.90. The number of ether oxygens (including phenoxy) is 1. The maximum absolute atomic E-state index is 12.8. The molecular formula is C10H8F4N2O4. The smallest absolute Gasteiger partial charge is 0.383 e. The molecule has 0 atom stereocenters. The lowest BCUT2D eigenvalue weighted by atomic mass is 10.2. The van der Waals surface area contributed by atoms with Gasteiger partial charge in [-0.2, -0.15) is 8.78 Å². The Morgan fingerprint density at radius 3 is 2.50 bits per heavy atom. The van der Waals surface area contributed by atoms with Crippen molar-refractivity contribution < 1.29 is 32.0 Å². The minimum absolute atomic E-state index is 0.308. The largest absolute Gasteiger partial charge is 0.494 e. The van der Waals surface area contributed by atoms with Crippen molar-refractivity contribution in [1.82, 2.24) is 0 Å². The van der Waals surface area contributed by atoms with Crippen LogP contribution < -0.4 is 10.1 Å².